The molecule has 0 amide bonds. The molecule has 4 nitrogen and oxygen atoms in total. The zero-order valence-corrected chi connectivity index (χ0v) is 9.93. The highest BCUT2D eigenvalue weighted by Crippen LogP contribution is 2.27. The minimum absolute atomic E-state index is 0.111. The molecule has 1 aromatic heterocycles. The second-order valence-corrected chi connectivity index (χ2v) is 4.55. The lowest BCUT2D eigenvalue weighted by Crippen LogP contribution is -2.28. The molecule has 2 rings (SSSR count). The van der Waals surface area contributed by atoms with Crippen molar-refractivity contribution in [3.05, 3.63) is 23.9 Å². The van der Waals surface area contributed by atoms with Crippen molar-refractivity contribution >= 4 is 5.97 Å². The molecule has 1 aliphatic carbocycles. The summed E-state index contributed by atoms with van der Waals surface area (Å²) in [7, 11) is 0. The molecule has 1 aliphatic rings. The van der Waals surface area contributed by atoms with Crippen LogP contribution in [0, 0.1) is 12.8 Å². The molecule has 92 valence electrons. The summed E-state index contributed by atoms with van der Waals surface area (Å²) >= 11 is 0. The molecular weight excluding hydrogens is 218 g/mol. The van der Waals surface area contributed by atoms with Gasteiger partial charge in [0, 0.05) is 11.8 Å². The number of hydrogen-bond acceptors (Lipinski definition) is 3. The number of nitrogens with zero attached hydrogens (tertiary/aromatic N) is 1. The number of aromatic nitrogens is 1. The van der Waals surface area contributed by atoms with Crippen molar-refractivity contribution in [2.75, 3.05) is 0 Å². The summed E-state index contributed by atoms with van der Waals surface area (Å²) in [5.74, 6) is -0.235. The van der Waals surface area contributed by atoms with Crippen molar-refractivity contribution in [3.8, 4) is 5.88 Å². The van der Waals surface area contributed by atoms with Crippen LogP contribution in [0.15, 0.2) is 18.2 Å². The lowest BCUT2D eigenvalue weighted by atomic mass is 9.87. The van der Waals surface area contributed by atoms with E-state index in [2.05, 4.69) is 4.98 Å². The van der Waals surface area contributed by atoms with Gasteiger partial charge in [-0.2, -0.15) is 0 Å². The fourth-order valence-electron chi connectivity index (χ4n) is 2.18. The largest absolute Gasteiger partial charge is 0.481 e. The van der Waals surface area contributed by atoms with Crippen molar-refractivity contribution in [2.24, 2.45) is 5.92 Å². The van der Waals surface area contributed by atoms with E-state index in [1.165, 1.54) is 0 Å². The predicted molar refractivity (Wildman–Crippen MR) is 63.0 cm³/mol. The fraction of sp³-hybridized carbons (Fsp3) is 0.538. The van der Waals surface area contributed by atoms with Gasteiger partial charge in [0.2, 0.25) is 5.88 Å². The van der Waals surface area contributed by atoms with Crippen LogP contribution in [0.5, 0.6) is 5.88 Å². The van der Waals surface area contributed by atoms with E-state index in [1.807, 2.05) is 25.1 Å². The Hall–Kier alpha value is -1.58. The van der Waals surface area contributed by atoms with E-state index in [4.69, 9.17) is 9.84 Å². The average Bonchev–Trinajstić information content (AvgIpc) is 2.29. The topological polar surface area (TPSA) is 59.4 Å². The van der Waals surface area contributed by atoms with Gasteiger partial charge in [0.15, 0.2) is 0 Å². The van der Waals surface area contributed by atoms with E-state index < -0.39 is 5.97 Å². The summed E-state index contributed by atoms with van der Waals surface area (Å²) in [6.45, 7) is 1.92. The molecule has 0 radical (unpaired) electrons. The number of hydrogen-bond donors (Lipinski definition) is 1. The molecule has 4 heteroatoms. The number of rotatable bonds is 3. The van der Waals surface area contributed by atoms with Crippen molar-refractivity contribution < 1.29 is 14.6 Å². The molecular formula is C13H17NO3. The fourth-order valence-corrected chi connectivity index (χ4v) is 2.18. The first-order valence-electron chi connectivity index (χ1n) is 5.98. The van der Waals surface area contributed by atoms with Gasteiger partial charge in [0.25, 0.3) is 0 Å². The number of carbonyl (C=O) groups is 1. The standard InChI is InChI=1S/C13H17NO3/c1-9-3-2-4-12(14-9)17-11-7-5-10(6-8-11)13(15)16/h2-4,10-11H,5-8H2,1H3,(H,15,16). The quantitative estimate of drug-likeness (QED) is 0.874. The summed E-state index contributed by atoms with van der Waals surface area (Å²) in [5, 5.41) is 8.90. The lowest BCUT2D eigenvalue weighted by Gasteiger charge is -2.26. The highest BCUT2D eigenvalue weighted by Gasteiger charge is 2.26. The second-order valence-electron chi connectivity index (χ2n) is 4.55. The number of aryl methyl sites for hydroxylation is 1. The van der Waals surface area contributed by atoms with Crippen molar-refractivity contribution in [1.29, 1.82) is 0 Å². The number of aliphatic carboxylic acids is 1. The van der Waals surface area contributed by atoms with Crippen LogP contribution in [0.3, 0.4) is 0 Å². The highest BCUT2D eigenvalue weighted by atomic mass is 16.5. The van der Waals surface area contributed by atoms with Crippen LogP contribution in [0.1, 0.15) is 31.4 Å². The Morgan fingerprint density at radius 3 is 2.65 bits per heavy atom. The van der Waals surface area contributed by atoms with Gasteiger partial charge in [-0.05, 0) is 38.7 Å². The van der Waals surface area contributed by atoms with E-state index in [-0.39, 0.29) is 12.0 Å². The summed E-state index contributed by atoms with van der Waals surface area (Å²) in [5.41, 5.74) is 0.932. The van der Waals surface area contributed by atoms with Crippen LogP contribution in [0.25, 0.3) is 0 Å². The predicted octanol–water partition coefficient (Wildman–Crippen LogP) is 2.41. The molecule has 0 aliphatic heterocycles. The van der Waals surface area contributed by atoms with Crippen LogP contribution < -0.4 is 4.74 Å². The zero-order valence-electron chi connectivity index (χ0n) is 9.93. The van der Waals surface area contributed by atoms with E-state index in [1.54, 1.807) is 0 Å². The third-order valence-electron chi connectivity index (χ3n) is 3.17. The highest BCUT2D eigenvalue weighted by molar-refractivity contribution is 5.70. The maximum absolute atomic E-state index is 10.8. The lowest BCUT2D eigenvalue weighted by molar-refractivity contribution is -0.143. The monoisotopic (exact) mass is 235 g/mol. The van der Waals surface area contributed by atoms with Gasteiger partial charge in [-0.1, -0.05) is 6.07 Å². The van der Waals surface area contributed by atoms with Crippen LogP contribution in [0.2, 0.25) is 0 Å². The minimum Gasteiger partial charge on any atom is -0.481 e. The van der Waals surface area contributed by atoms with Crippen LogP contribution in [-0.4, -0.2) is 22.2 Å². The van der Waals surface area contributed by atoms with Crippen molar-refractivity contribution in [3.63, 3.8) is 0 Å². The Morgan fingerprint density at radius 2 is 2.06 bits per heavy atom. The van der Waals surface area contributed by atoms with Gasteiger partial charge in [-0.25, -0.2) is 4.98 Å². The summed E-state index contributed by atoms with van der Waals surface area (Å²) in [6, 6.07) is 5.69. The van der Waals surface area contributed by atoms with Gasteiger partial charge < -0.3 is 9.84 Å². The smallest absolute Gasteiger partial charge is 0.306 e. The third-order valence-corrected chi connectivity index (χ3v) is 3.17. The molecule has 1 N–H and O–H groups in total. The number of carboxylic acids is 1. The number of carboxylic acid groups (broad SMARTS) is 1. The first-order valence-corrected chi connectivity index (χ1v) is 5.98. The van der Waals surface area contributed by atoms with E-state index in [9.17, 15) is 4.79 Å². The van der Waals surface area contributed by atoms with Crippen LogP contribution >= 0.6 is 0 Å². The molecule has 0 unspecified atom stereocenters. The van der Waals surface area contributed by atoms with E-state index in [0.29, 0.717) is 18.7 Å². The molecule has 1 saturated carbocycles. The maximum atomic E-state index is 10.8. The molecule has 0 bridgehead atoms. The number of ether oxygens (including phenoxy) is 1. The minimum atomic E-state index is -0.683. The van der Waals surface area contributed by atoms with Gasteiger partial charge >= 0.3 is 5.97 Å². The SMILES string of the molecule is Cc1cccc(OC2CCC(C(=O)O)CC2)n1. The van der Waals surface area contributed by atoms with Crippen molar-refractivity contribution in [1.82, 2.24) is 4.98 Å². The molecule has 1 heterocycles. The molecule has 0 saturated heterocycles. The molecule has 0 spiro atoms. The van der Waals surface area contributed by atoms with Gasteiger partial charge in [-0.3, -0.25) is 4.79 Å². The Kier molecular flexibility index (Phi) is 3.61. The summed E-state index contributed by atoms with van der Waals surface area (Å²) < 4.78 is 5.76. The molecule has 1 aromatic rings. The zero-order chi connectivity index (χ0) is 12.3. The maximum Gasteiger partial charge on any atom is 0.306 e. The number of pyridine rings is 1. The Labute approximate surface area is 101 Å². The molecule has 0 aromatic carbocycles. The Bertz CT molecular complexity index is 397. The van der Waals surface area contributed by atoms with E-state index >= 15 is 0 Å². The first kappa shape index (κ1) is 11.9. The first-order chi connectivity index (χ1) is 8.15. The van der Waals surface area contributed by atoms with Crippen molar-refractivity contribution in [2.45, 2.75) is 38.7 Å². The molecule has 0 atom stereocenters. The van der Waals surface area contributed by atoms with Gasteiger partial charge in [0.05, 0.1) is 5.92 Å². The van der Waals surface area contributed by atoms with Crippen LogP contribution in [0.4, 0.5) is 0 Å². The summed E-state index contributed by atoms with van der Waals surface area (Å²) in [6.07, 6.45) is 3.11. The van der Waals surface area contributed by atoms with Gasteiger partial charge in [0.1, 0.15) is 6.10 Å². The normalized spacial score (nSPS) is 24.3. The average molecular weight is 235 g/mol. The van der Waals surface area contributed by atoms with E-state index in [0.717, 1.165) is 18.5 Å². The second kappa shape index (κ2) is 5.17. The third kappa shape index (κ3) is 3.19. The molecule has 17 heavy (non-hydrogen) atoms. The summed E-state index contributed by atoms with van der Waals surface area (Å²) in [4.78, 5) is 15.1. The Morgan fingerprint density at radius 1 is 1.35 bits per heavy atom. The van der Waals surface area contributed by atoms with Gasteiger partial charge in [-0.15, -0.1) is 0 Å². The Balaban J connectivity index is 1.88. The van der Waals surface area contributed by atoms with Crippen LogP contribution in [-0.2, 0) is 4.79 Å². The molecule has 1 fully saturated rings.